The second-order valence-corrected chi connectivity index (χ2v) is 40.3. The van der Waals surface area contributed by atoms with Crippen LogP contribution in [0.25, 0.3) is 0 Å². The Morgan fingerprint density at radius 1 is 0.439 bits per heavy atom. The molecule has 6 aromatic rings. The van der Waals surface area contributed by atoms with Crippen LogP contribution in [0.3, 0.4) is 0 Å². The van der Waals surface area contributed by atoms with Gasteiger partial charge < -0.3 is 98.5 Å². The molecule has 0 aromatic heterocycles. The van der Waals surface area contributed by atoms with E-state index in [9.17, 15) is 80.7 Å². The molecule has 2 atom stereocenters. The Morgan fingerprint density at radius 3 is 0.926 bits per heavy atom. The van der Waals surface area contributed by atoms with E-state index in [1.165, 1.54) is 51.1 Å². The third-order valence-corrected chi connectivity index (χ3v) is 20.2. The number of hydrogen-bond acceptors (Lipinski definition) is 26. The molecule has 47 heteroatoms. The third-order valence-electron chi connectivity index (χ3n) is 16.9. The number of rotatable bonds is 14. The molecule has 0 unspecified atom stereocenters. The fourth-order valence-electron chi connectivity index (χ4n) is 9.49. The third kappa shape index (κ3) is 65.7. The van der Waals surface area contributed by atoms with Crippen LogP contribution in [-0.2, 0) is 95.9 Å². The van der Waals surface area contributed by atoms with E-state index in [0.717, 1.165) is 56.7 Å². The summed E-state index contributed by atoms with van der Waals surface area (Å²) in [5, 5.41) is 69.4. The molecule has 30 nitrogen and oxygen atoms in total. The van der Waals surface area contributed by atoms with Gasteiger partial charge in [-0.2, -0.15) is 4.40 Å². The van der Waals surface area contributed by atoms with Crippen molar-refractivity contribution in [2.45, 2.75) is 246 Å². The van der Waals surface area contributed by atoms with Gasteiger partial charge in [-0.1, -0.05) is 127 Å². The van der Waals surface area contributed by atoms with Gasteiger partial charge in [-0.25, -0.2) is 81.4 Å². The van der Waals surface area contributed by atoms with Gasteiger partial charge in [-0.15, -0.1) is 12.4 Å². The summed E-state index contributed by atoms with van der Waals surface area (Å²) in [5.74, 6) is -17.1. The van der Waals surface area contributed by atoms with E-state index >= 15 is 0 Å². The number of aryl methyl sites for hydroxylation is 1. The maximum Gasteiger partial charge on any atom is 1.00 e. The van der Waals surface area contributed by atoms with Crippen molar-refractivity contribution in [2.24, 2.45) is 36.6 Å². The SMILES string of the molecule is C.C.C.C.C.C.C.CC(=N[S@](=O)C(C)(C)C)c1cc(C2OCC(C)(C)CO2)cc(F)c1F.CC(=O)c1cc(C2OCC(C)(C)CO2)cc(F)c1F.CC(C)(C)[S@](N)=O.CC(C)(CO)CO.CCO.CCO.CCO.CCO.CNOC.COC(=O)c1cc(C2OCC(C)(C)CO2)cc(F)c1F.COC(=O)c1cc(I)cc(F)c1F.Cc1cc(C2OCC(C)(C)CO2)cc(C(=O)O)c1F.Cl.O=C(O)c1cccc(F)c1F.[Na+].[OH-].[Ti]. The van der Waals surface area contributed by atoms with Crippen LogP contribution < -0.4 is 40.2 Å². The molecule has 12 N–H and O–H groups in total. The van der Waals surface area contributed by atoms with E-state index in [1.54, 1.807) is 105 Å². The minimum atomic E-state index is -1.57. The number of carboxylic acid groups (broad SMARTS) is 2. The Kier molecular flexibility index (Phi) is 98.3. The van der Waals surface area contributed by atoms with Crippen LogP contribution in [0.4, 0.5) is 48.3 Å². The summed E-state index contributed by atoms with van der Waals surface area (Å²) in [6.45, 7) is 46.0. The van der Waals surface area contributed by atoms with Crippen molar-refractivity contribution in [3.63, 3.8) is 0 Å². The van der Waals surface area contributed by atoms with Gasteiger partial charge in [-0.3, -0.25) is 9.93 Å². The second-order valence-electron chi connectivity index (χ2n) is 35.4. The quantitative estimate of drug-likeness (QED) is 0.00707. The van der Waals surface area contributed by atoms with Crippen molar-refractivity contribution in [1.82, 2.24) is 5.48 Å². The number of hydrogen-bond donors (Lipinski definition) is 10. The van der Waals surface area contributed by atoms with Gasteiger partial charge in [0.1, 0.15) is 16.8 Å². The monoisotopic (exact) mass is 2360 g/mol. The molecule has 0 radical (unpaired) electrons. The van der Waals surface area contributed by atoms with E-state index in [1.807, 2.05) is 76.2 Å². The molecule has 10 rings (SSSR count). The van der Waals surface area contributed by atoms with Crippen LogP contribution in [0.1, 0.15) is 315 Å². The van der Waals surface area contributed by atoms with Gasteiger partial charge in [0.15, 0.2) is 89.1 Å². The topological polar surface area (TPSA) is 463 Å². The second kappa shape index (κ2) is 84.4. The van der Waals surface area contributed by atoms with E-state index in [-0.39, 0.29) is 232 Å². The molecule has 148 heavy (non-hydrogen) atoms. The molecule has 856 valence electrons. The molecule has 0 saturated carbocycles. The summed E-state index contributed by atoms with van der Waals surface area (Å²) >= 11 is 1.78. The zero-order chi connectivity index (χ0) is 107. The van der Waals surface area contributed by atoms with Crippen LogP contribution >= 0.6 is 35.0 Å². The fourth-order valence-corrected chi connectivity index (χ4v) is 10.7. The van der Waals surface area contributed by atoms with Crippen molar-refractivity contribution in [1.29, 1.82) is 0 Å². The zero-order valence-electron chi connectivity index (χ0n) is 84.9. The normalized spacial score (nSPS) is 14.6. The number of hydroxylamine groups is 1. The van der Waals surface area contributed by atoms with Gasteiger partial charge in [0.05, 0.1) is 141 Å². The molecule has 4 heterocycles. The van der Waals surface area contributed by atoms with Crippen molar-refractivity contribution < 1.29 is 230 Å². The van der Waals surface area contributed by atoms with Crippen LogP contribution in [-0.4, -0.2) is 220 Å². The average Bonchev–Trinajstić information content (AvgIpc) is 0.806. The van der Waals surface area contributed by atoms with Crippen molar-refractivity contribution in [3.05, 3.63) is 208 Å². The molecule has 4 saturated heterocycles. The first-order chi connectivity index (χ1) is 63.2. The summed E-state index contributed by atoms with van der Waals surface area (Å²) < 4.78 is 226. The number of ketones is 1. The van der Waals surface area contributed by atoms with Gasteiger partial charge in [-0.05, 0) is 191 Å². The molecular weight excluding hydrogens is 2190 g/mol. The zero-order valence-corrected chi connectivity index (χ0v) is 93.0. The Labute approximate surface area is 932 Å². The molecule has 0 bridgehead atoms. The number of aromatic carboxylic acids is 2. The number of aliphatic hydroxyl groups excluding tert-OH is 6. The molecule has 4 aliphatic heterocycles. The van der Waals surface area contributed by atoms with Crippen LogP contribution in [0.5, 0.6) is 0 Å². The van der Waals surface area contributed by atoms with Crippen molar-refractivity contribution in [3.8, 4) is 0 Å². The largest absolute Gasteiger partial charge is 1.00 e. The number of carbonyl (C=O) groups excluding carboxylic acids is 3. The number of carbonyl (C=O) groups is 5. The molecule has 0 spiro atoms. The first-order valence-corrected chi connectivity index (χ1v) is 45.5. The standard InChI is InChI=1S/C18H25F2NO3S.C14H16F2O4.C14H16F2O3.C14H17FO4.C8H5F2IO2.C7H4F2O2.C5H12O2.C4H11NOS.C2H7NO.4C2H6O.7CH4.ClH.Na.H2O.Ti/c1-11(21-25(22)17(2,3)4)13-7-12(8-14(19)15(13)20)16-23-9-18(5,6)10-24-16;1-14(2)6-19-13(20-7-14)8-4-9(12(17)18-3)11(16)10(15)5-8;1-8(17)10-4-9(5-11(15)12(10)16)13-18-6-14(2,3)7-19-13;1-8-4-9(5-10(11(8)15)12(16)17)13-18-6-14(2,3)7-19-13;1-13-8(12)5-2-4(11)3-6(9)7(5)10;8-5-3-1-2-4(6(5)9)7(10)11;1-5(2,3-6)4-7;1-4(2,3)7(5)6;1-3-4-2;4*1-2-3;;;;;;;;;;;/h7-8,16H,9-10H2,1-6H3;4-5,13H,6-7H2,1-3H3;4-5,13H,6-7H2,1-3H3;4-5,13H,6-7H2,1-3H3,(H,16,17);2-3H,1H3;1-3H,(H,10,11);6-7H,3-4H2,1-2H3;5H2,1-3H3;3H,1-2H3;4*3H,2H2,1H3;7*1H4;1H;;1H2;/q;;;;;;;;;;;;;;;;;;;;;+1;;/p-1/t25-;;;;;;;7-;;;;;;;;;;;;;;;;/m1......1................/s1. The number of nitrogens with two attached hydrogens (primary N) is 1. The molecule has 4 fully saturated rings. The molecule has 4 aliphatic rings. The summed E-state index contributed by atoms with van der Waals surface area (Å²) in [6.07, 6.45) is -2.98. The maximum atomic E-state index is 14.2. The number of nitrogens with zero attached hydrogens (tertiary/aromatic N) is 1. The first kappa shape index (κ1) is 172. The van der Waals surface area contributed by atoms with Crippen molar-refractivity contribution >= 4 is 92.3 Å². The smallest absolute Gasteiger partial charge is 0.870 e. The molecule has 6 aromatic carbocycles. The average molecular weight is 2360 g/mol. The number of esters is 2. The van der Waals surface area contributed by atoms with E-state index < -0.39 is 157 Å². The van der Waals surface area contributed by atoms with E-state index in [2.05, 4.69) is 24.2 Å². The predicted molar refractivity (Wildman–Crippen MR) is 560 cm³/mol. The van der Waals surface area contributed by atoms with Crippen LogP contribution in [0, 0.1) is 102 Å². The van der Waals surface area contributed by atoms with Gasteiger partial charge in [0.2, 0.25) is 0 Å². The Hall–Kier alpha value is -5.92. The summed E-state index contributed by atoms with van der Waals surface area (Å²) in [6, 6.07) is 15.0. The summed E-state index contributed by atoms with van der Waals surface area (Å²) in [5.41, 5.74) is 1.42. The number of halogens is 13. The predicted octanol–water partition coefficient (Wildman–Crippen LogP) is 19.2. The number of Topliss-reactive ketones (excluding diaryl/α,β-unsaturated/α-hetero) is 1. The first-order valence-electron chi connectivity index (χ1n) is 42.1. The van der Waals surface area contributed by atoms with E-state index in [4.69, 9.17) is 83.9 Å². The molecular formula is C101H167ClF11IN3NaO27S2Ti. The summed E-state index contributed by atoms with van der Waals surface area (Å²) in [4.78, 5) is 59.0. The number of carboxylic acids is 2. The Balaban J connectivity index is -0.000000114. The molecule has 0 aliphatic carbocycles. The van der Waals surface area contributed by atoms with Crippen LogP contribution in [0.2, 0.25) is 0 Å². The maximum absolute atomic E-state index is 14.2. The number of aliphatic hydroxyl groups is 6. The van der Waals surface area contributed by atoms with Gasteiger partial charge in [0.25, 0.3) is 0 Å². The van der Waals surface area contributed by atoms with E-state index in [0.29, 0.717) is 73.1 Å². The van der Waals surface area contributed by atoms with Gasteiger partial charge >= 0.3 is 53.4 Å². The van der Waals surface area contributed by atoms with Gasteiger partial charge in [0, 0.05) is 114 Å². The number of methoxy groups -OCH3 is 2. The number of benzene rings is 6. The fraction of sp³-hybridized carbons (Fsp3) is 0.584. The van der Waals surface area contributed by atoms with Crippen LogP contribution in [0.15, 0.2) is 83.3 Å². The number of nitrogens with one attached hydrogen (secondary N) is 1. The molecule has 0 amide bonds. The number of ether oxygens (including phenoxy) is 10. The van der Waals surface area contributed by atoms with Crippen molar-refractivity contribution in [2.75, 3.05) is 121 Å². The summed E-state index contributed by atoms with van der Waals surface area (Å²) in [7, 11) is 2.74. The Morgan fingerprint density at radius 2 is 0.682 bits per heavy atom. The Bertz CT molecular complexity index is 4690. The minimum absolute atomic E-state index is 0. The minimum Gasteiger partial charge on any atom is -0.870 e.